The lowest BCUT2D eigenvalue weighted by atomic mass is 9.96. The number of likely N-dealkylation sites (tertiary alicyclic amines) is 2. The van der Waals surface area contributed by atoms with Gasteiger partial charge < -0.3 is 20.9 Å². The van der Waals surface area contributed by atoms with Crippen molar-refractivity contribution < 1.29 is 18.4 Å². The molecule has 0 saturated carbocycles. The van der Waals surface area contributed by atoms with E-state index in [1.54, 1.807) is 6.92 Å². The second-order valence-electron chi connectivity index (χ2n) is 11.4. The van der Waals surface area contributed by atoms with Crippen molar-refractivity contribution in [1.82, 2.24) is 15.1 Å². The SMILES string of the molecule is CC(N)C(=O)N[C@@H](Cc1ccc(F)c(F)c1)C(=O)N1C[C@@H](c2ccccc2)C[C@H]1CN1CC[C@@H](c2ccccc2)C1. The number of carbonyl (C=O) groups excluding carboxylic acids is 2. The summed E-state index contributed by atoms with van der Waals surface area (Å²) in [6.07, 6.45) is 1.91. The highest BCUT2D eigenvalue weighted by molar-refractivity contribution is 5.90. The summed E-state index contributed by atoms with van der Waals surface area (Å²) in [4.78, 5) is 31.2. The molecule has 1 unspecified atom stereocenters. The lowest BCUT2D eigenvalue weighted by Gasteiger charge is -2.32. The van der Waals surface area contributed by atoms with Crippen molar-refractivity contribution in [3.63, 3.8) is 0 Å². The quantitative estimate of drug-likeness (QED) is 0.411. The first-order valence-electron chi connectivity index (χ1n) is 14.4. The Labute approximate surface area is 240 Å². The first-order valence-corrected chi connectivity index (χ1v) is 14.4. The third-order valence-corrected chi connectivity index (χ3v) is 8.43. The molecule has 41 heavy (non-hydrogen) atoms. The Morgan fingerprint density at radius 1 is 0.927 bits per heavy atom. The van der Waals surface area contributed by atoms with Crippen molar-refractivity contribution in [2.75, 3.05) is 26.2 Å². The molecule has 5 rings (SSSR count). The summed E-state index contributed by atoms with van der Waals surface area (Å²) in [6.45, 7) is 4.68. The molecule has 5 atom stereocenters. The highest BCUT2D eigenvalue weighted by Crippen LogP contribution is 2.35. The molecule has 6 nitrogen and oxygen atoms in total. The van der Waals surface area contributed by atoms with Gasteiger partial charge >= 0.3 is 0 Å². The van der Waals surface area contributed by atoms with Gasteiger partial charge in [-0.2, -0.15) is 0 Å². The first kappa shape index (κ1) is 28.9. The minimum atomic E-state index is -0.989. The van der Waals surface area contributed by atoms with E-state index in [1.165, 1.54) is 17.2 Å². The Hall–Kier alpha value is -3.62. The van der Waals surface area contributed by atoms with Crippen LogP contribution in [0.2, 0.25) is 0 Å². The van der Waals surface area contributed by atoms with E-state index in [-0.39, 0.29) is 24.3 Å². The molecule has 2 aliphatic rings. The molecule has 0 aliphatic carbocycles. The average Bonchev–Trinajstić information content (AvgIpc) is 3.63. The Morgan fingerprint density at radius 3 is 2.22 bits per heavy atom. The summed E-state index contributed by atoms with van der Waals surface area (Å²) in [5, 5.41) is 2.79. The van der Waals surface area contributed by atoms with Gasteiger partial charge in [0.25, 0.3) is 0 Å². The molecule has 3 N–H and O–H groups in total. The van der Waals surface area contributed by atoms with E-state index in [1.807, 2.05) is 29.2 Å². The van der Waals surface area contributed by atoms with Crippen molar-refractivity contribution in [3.05, 3.63) is 107 Å². The van der Waals surface area contributed by atoms with E-state index in [0.717, 1.165) is 44.6 Å². The van der Waals surface area contributed by atoms with Crippen molar-refractivity contribution in [2.24, 2.45) is 5.73 Å². The smallest absolute Gasteiger partial charge is 0.245 e. The van der Waals surface area contributed by atoms with Crippen LogP contribution in [0.3, 0.4) is 0 Å². The van der Waals surface area contributed by atoms with E-state index in [9.17, 15) is 18.4 Å². The number of amides is 2. The van der Waals surface area contributed by atoms with Gasteiger partial charge in [0.15, 0.2) is 11.6 Å². The molecule has 2 fully saturated rings. The molecule has 3 aromatic carbocycles. The zero-order valence-corrected chi connectivity index (χ0v) is 23.4. The molecule has 2 aliphatic heterocycles. The molecule has 0 aromatic heterocycles. The highest BCUT2D eigenvalue weighted by Gasteiger charge is 2.40. The molecular weight excluding hydrogens is 522 g/mol. The van der Waals surface area contributed by atoms with Crippen LogP contribution in [0.5, 0.6) is 0 Å². The number of nitrogens with two attached hydrogens (primary N) is 1. The molecule has 0 radical (unpaired) electrons. The number of hydrogen-bond donors (Lipinski definition) is 2. The van der Waals surface area contributed by atoms with Crippen molar-refractivity contribution in [2.45, 2.75) is 56.1 Å². The molecule has 216 valence electrons. The summed E-state index contributed by atoms with van der Waals surface area (Å²) in [5.41, 5.74) is 8.75. The second-order valence-corrected chi connectivity index (χ2v) is 11.4. The standard InChI is InChI=1S/C33H38F2N4O2/c1-22(36)32(40)37-31(17-23-12-13-29(34)30(35)16-23)33(41)39-20-27(25-10-6-3-7-11-25)18-28(39)21-38-15-14-26(19-38)24-8-4-2-5-9-24/h2-13,16,22,26-28,31H,14-15,17-21,36H2,1H3,(H,37,40)/t22?,26-,27+,28+,31+/m1/s1. The molecule has 2 amide bonds. The lowest BCUT2D eigenvalue weighted by molar-refractivity contribution is -0.137. The van der Waals surface area contributed by atoms with Gasteiger partial charge in [-0.3, -0.25) is 9.59 Å². The third kappa shape index (κ3) is 7.00. The van der Waals surface area contributed by atoms with Gasteiger partial charge in [-0.25, -0.2) is 8.78 Å². The molecule has 0 bridgehead atoms. The fourth-order valence-corrected chi connectivity index (χ4v) is 6.23. The summed E-state index contributed by atoms with van der Waals surface area (Å²) in [7, 11) is 0. The largest absolute Gasteiger partial charge is 0.343 e. The maximum Gasteiger partial charge on any atom is 0.245 e. The Balaban J connectivity index is 1.37. The van der Waals surface area contributed by atoms with Crippen LogP contribution in [-0.4, -0.2) is 65.9 Å². The predicted octanol–water partition coefficient (Wildman–Crippen LogP) is 4.21. The Bertz CT molecular complexity index is 1340. The molecule has 2 saturated heterocycles. The minimum Gasteiger partial charge on any atom is -0.343 e. The summed E-state index contributed by atoms with van der Waals surface area (Å²) in [5.74, 6) is -2.03. The number of hydrogen-bond acceptors (Lipinski definition) is 4. The zero-order valence-electron chi connectivity index (χ0n) is 23.4. The number of benzene rings is 3. The van der Waals surface area contributed by atoms with Crippen LogP contribution in [0.1, 0.15) is 48.3 Å². The van der Waals surface area contributed by atoms with E-state index < -0.39 is 29.6 Å². The number of carbonyl (C=O) groups is 2. The highest BCUT2D eigenvalue weighted by atomic mass is 19.2. The van der Waals surface area contributed by atoms with Crippen LogP contribution in [0, 0.1) is 11.6 Å². The van der Waals surface area contributed by atoms with Crippen molar-refractivity contribution in [1.29, 1.82) is 0 Å². The van der Waals surface area contributed by atoms with Crippen LogP contribution in [0.25, 0.3) is 0 Å². The number of nitrogens with one attached hydrogen (secondary N) is 1. The summed E-state index contributed by atoms with van der Waals surface area (Å²) < 4.78 is 27.6. The Morgan fingerprint density at radius 2 is 1.59 bits per heavy atom. The first-order chi connectivity index (χ1) is 19.8. The van der Waals surface area contributed by atoms with Crippen LogP contribution in [0.15, 0.2) is 78.9 Å². The second kappa shape index (κ2) is 12.9. The van der Waals surface area contributed by atoms with Crippen molar-refractivity contribution in [3.8, 4) is 0 Å². The number of nitrogens with zero attached hydrogens (tertiary/aromatic N) is 2. The number of halogens is 2. The van der Waals surface area contributed by atoms with Gasteiger partial charge in [-0.15, -0.1) is 0 Å². The summed E-state index contributed by atoms with van der Waals surface area (Å²) in [6, 6.07) is 22.4. The van der Waals surface area contributed by atoms with Gasteiger partial charge in [-0.1, -0.05) is 66.7 Å². The monoisotopic (exact) mass is 560 g/mol. The van der Waals surface area contributed by atoms with Gasteiger partial charge in [0.05, 0.1) is 6.04 Å². The van der Waals surface area contributed by atoms with Crippen LogP contribution < -0.4 is 11.1 Å². The fraction of sp³-hybridized carbons (Fsp3) is 0.394. The van der Waals surface area contributed by atoms with E-state index in [2.05, 4.69) is 46.6 Å². The third-order valence-electron chi connectivity index (χ3n) is 8.43. The van der Waals surface area contributed by atoms with Gasteiger partial charge in [0.1, 0.15) is 6.04 Å². The van der Waals surface area contributed by atoms with Crippen molar-refractivity contribution >= 4 is 11.8 Å². The molecule has 8 heteroatoms. The van der Waals surface area contributed by atoms with Crippen LogP contribution in [0.4, 0.5) is 8.78 Å². The van der Waals surface area contributed by atoms with Gasteiger partial charge in [-0.05, 0) is 61.1 Å². The molecule has 0 spiro atoms. The maximum absolute atomic E-state index is 14.2. The summed E-state index contributed by atoms with van der Waals surface area (Å²) >= 11 is 0. The van der Waals surface area contributed by atoms with Crippen LogP contribution in [-0.2, 0) is 16.0 Å². The topological polar surface area (TPSA) is 78.7 Å². The minimum absolute atomic E-state index is 0.0352. The van der Waals surface area contributed by atoms with E-state index in [0.29, 0.717) is 18.0 Å². The van der Waals surface area contributed by atoms with E-state index >= 15 is 0 Å². The normalized spacial score (nSPS) is 22.4. The zero-order chi connectivity index (χ0) is 28.9. The van der Waals surface area contributed by atoms with Gasteiger partial charge in [0, 0.05) is 38.0 Å². The average molecular weight is 561 g/mol. The van der Waals surface area contributed by atoms with E-state index in [4.69, 9.17) is 5.73 Å². The number of rotatable bonds is 9. The molecular formula is C33H38F2N4O2. The predicted molar refractivity (Wildman–Crippen MR) is 155 cm³/mol. The van der Waals surface area contributed by atoms with Crippen LogP contribution >= 0.6 is 0 Å². The maximum atomic E-state index is 14.2. The van der Waals surface area contributed by atoms with Gasteiger partial charge in [0.2, 0.25) is 11.8 Å². The molecule has 3 aromatic rings. The fourth-order valence-electron chi connectivity index (χ4n) is 6.23. The molecule has 2 heterocycles. The Kier molecular flexibility index (Phi) is 9.10. The lowest BCUT2D eigenvalue weighted by Crippen LogP contribution is -2.55.